The van der Waals surface area contributed by atoms with Crippen LogP contribution in [0.15, 0.2) is 69.4 Å². The number of aryl methyl sites for hydroxylation is 1. The van der Waals surface area contributed by atoms with Crippen molar-refractivity contribution in [2.75, 3.05) is 0 Å². The predicted molar refractivity (Wildman–Crippen MR) is 87.7 cm³/mol. The van der Waals surface area contributed by atoms with Crippen molar-refractivity contribution in [1.82, 2.24) is 4.98 Å². The van der Waals surface area contributed by atoms with Crippen LogP contribution in [0.5, 0.6) is 0 Å². The Morgan fingerprint density at radius 2 is 1.91 bits per heavy atom. The number of hydrogen-bond donors (Lipinski definition) is 0. The van der Waals surface area contributed by atoms with Gasteiger partial charge in [-0.2, -0.15) is 0 Å². The second-order valence-corrected chi connectivity index (χ2v) is 5.96. The van der Waals surface area contributed by atoms with Gasteiger partial charge in [0.15, 0.2) is 5.76 Å². The number of aromatic nitrogens is 1. The first-order valence-electron chi connectivity index (χ1n) is 6.94. The van der Waals surface area contributed by atoms with E-state index in [1.54, 1.807) is 30.1 Å². The number of furan rings is 2. The molecule has 0 aromatic carbocycles. The molecule has 3 nitrogen and oxygen atoms in total. The van der Waals surface area contributed by atoms with Crippen molar-refractivity contribution >= 4 is 11.3 Å². The fourth-order valence-electron chi connectivity index (χ4n) is 2.43. The molecule has 4 rings (SSSR count). The molecule has 4 aromatic heterocycles. The monoisotopic (exact) mass is 307 g/mol. The Kier molecular flexibility index (Phi) is 3.16. The van der Waals surface area contributed by atoms with E-state index in [1.807, 2.05) is 24.3 Å². The van der Waals surface area contributed by atoms with Crippen molar-refractivity contribution in [3.63, 3.8) is 0 Å². The third-order valence-corrected chi connectivity index (χ3v) is 4.59. The van der Waals surface area contributed by atoms with Crippen molar-refractivity contribution in [3.05, 3.63) is 66.1 Å². The Bertz CT molecular complexity index is 837. The zero-order chi connectivity index (χ0) is 14.9. The maximum atomic E-state index is 5.51. The van der Waals surface area contributed by atoms with E-state index in [2.05, 4.69) is 24.4 Å². The van der Waals surface area contributed by atoms with E-state index < -0.39 is 0 Å². The van der Waals surface area contributed by atoms with E-state index in [9.17, 15) is 0 Å². The maximum absolute atomic E-state index is 5.51. The van der Waals surface area contributed by atoms with Gasteiger partial charge in [-0.1, -0.05) is 0 Å². The first kappa shape index (κ1) is 13.1. The molecule has 0 N–H and O–H groups in total. The van der Waals surface area contributed by atoms with E-state index in [4.69, 9.17) is 13.8 Å². The molecular weight excluding hydrogens is 294 g/mol. The molecule has 0 fully saturated rings. The standard InChI is InChI=1S/C18H13NO2S/c1-12-5-8-22-18(12)16-10-14(13-4-7-20-11-13)9-15(19-16)17-3-2-6-21-17/h2-11H,1H3. The summed E-state index contributed by atoms with van der Waals surface area (Å²) in [7, 11) is 0. The van der Waals surface area contributed by atoms with Crippen LogP contribution in [0.4, 0.5) is 0 Å². The molecule has 0 saturated carbocycles. The largest absolute Gasteiger partial charge is 0.472 e. The van der Waals surface area contributed by atoms with Gasteiger partial charge in [-0.3, -0.25) is 0 Å². The Hall–Kier alpha value is -2.59. The van der Waals surface area contributed by atoms with E-state index in [0.29, 0.717) is 0 Å². The molecule has 22 heavy (non-hydrogen) atoms. The van der Waals surface area contributed by atoms with Gasteiger partial charge in [0.05, 0.1) is 29.4 Å². The normalized spacial score (nSPS) is 11.0. The number of hydrogen-bond acceptors (Lipinski definition) is 4. The summed E-state index contributed by atoms with van der Waals surface area (Å²) in [6.07, 6.45) is 5.09. The van der Waals surface area contributed by atoms with Crippen LogP contribution in [0.3, 0.4) is 0 Å². The summed E-state index contributed by atoms with van der Waals surface area (Å²) in [5, 5.41) is 2.09. The fraction of sp³-hybridized carbons (Fsp3) is 0.0556. The highest BCUT2D eigenvalue weighted by Crippen LogP contribution is 2.34. The first-order valence-corrected chi connectivity index (χ1v) is 7.82. The van der Waals surface area contributed by atoms with Gasteiger partial charge in [-0.05, 0) is 59.8 Å². The van der Waals surface area contributed by atoms with Crippen molar-refractivity contribution in [2.24, 2.45) is 0 Å². The summed E-state index contributed by atoms with van der Waals surface area (Å²) in [4.78, 5) is 5.95. The highest BCUT2D eigenvalue weighted by Gasteiger charge is 2.12. The molecule has 0 aliphatic rings. The summed E-state index contributed by atoms with van der Waals surface area (Å²) in [5.74, 6) is 0.765. The molecule has 0 aliphatic heterocycles. The Labute approximate surface area is 131 Å². The third kappa shape index (κ3) is 2.27. The van der Waals surface area contributed by atoms with Crippen LogP contribution in [0.2, 0.25) is 0 Å². The van der Waals surface area contributed by atoms with Crippen molar-refractivity contribution in [1.29, 1.82) is 0 Å². The van der Waals surface area contributed by atoms with Gasteiger partial charge in [-0.15, -0.1) is 11.3 Å². The summed E-state index contributed by atoms with van der Waals surface area (Å²) >= 11 is 1.70. The smallest absolute Gasteiger partial charge is 0.152 e. The quantitative estimate of drug-likeness (QED) is 0.492. The van der Waals surface area contributed by atoms with Crippen LogP contribution in [0.25, 0.3) is 33.2 Å². The zero-order valence-corrected chi connectivity index (χ0v) is 12.8. The molecule has 4 heterocycles. The summed E-state index contributed by atoms with van der Waals surface area (Å²) in [6.45, 7) is 2.10. The van der Waals surface area contributed by atoms with Crippen molar-refractivity contribution < 1.29 is 8.83 Å². The van der Waals surface area contributed by atoms with E-state index in [-0.39, 0.29) is 0 Å². The number of thiophene rings is 1. The Morgan fingerprint density at radius 3 is 2.59 bits per heavy atom. The second-order valence-electron chi connectivity index (χ2n) is 5.05. The molecule has 0 atom stereocenters. The second kappa shape index (κ2) is 5.31. The van der Waals surface area contributed by atoms with E-state index >= 15 is 0 Å². The summed E-state index contributed by atoms with van der Waals surface area (Å²) in [5.41, 5.74) is 5.11. The number of rotatable bonds is 3. The molecule has 0 unspecified atom stereocenters. The van der Waals surface area contributed by atoms with Gasteiger partial charge >= 0.3 is 0 Å². The van der Waals surface area contributed by atoms with Gasteiger partial charge in [0, 0.05) is 5.56 Å². The third-order valence-electron chi connectivity index (χ3n) is 3.55. The molecule has 0 amide bonds. The van der Waals surface area contributed by atoms with Gasteiger partial charge < -0.3 is 8.83 Å². The molecule has 0 spiro atoms. The van der Waals surface area contributed by atoms with Crippen LogP contribution in [-0.4, -0.2) is 4.98 Å². The molecule has 0 aliphatic carbocycles. The molecule has 4 aromatic rings. The lowest BCUT2D eigenvalue weighted by Crippen LogP contribution is -1.89. The highest BCUT2D eigenvalue weighted by atomic mass is 32.1. The van der Waals surface area contributed by atoms with Crippen LogP contribution < -0.4 is 0 Å². The highest BCUT2D eigenvalue weighted by molar-refractivity contribution is 7.13. The van der Waals surface area contributed by atoms with E-state index in [0.717, 1.165) is 28.3 Å². The van der Waals surface area contributed by atoms with Crippen molar-refractivity contribution in [2.45, 2.75) is 6.92 Å². The minimum atomic E-state index is 0.765. The molecule has 108 valence electrons. The topological polar surface area (TPSA) is 39.2 Å². The lowest BCUT2D eigenvalue weighted by atomic mass is 10.1. The van der Waals surface area contributed by atoms with Crippen LogP contribution in [0, 0.1) is 6.92 Å². The Morgan fingerprint density at radius 1 is 1.00 bits per heavy atom. The lowest BCUT2D eigenvalue weighted by molar-refractivity contribution is 0.568. The molecule has 0 radical (unpaired) electrons. The van der Waals surface area contributed by atoms with E-state index in [1.165, 1.54) is 10.4 Å². The van der Waals surface area contributed by atoms with Gasteiger partial charge in [0.1, 0.15) is 5.69 Å². The minimum Gasteiger partial charge on any atom is -0.472 e. The number of pyridine rings is 1. The van der Waals surface area contributed by atoms with Gasteiger partial charge in [-0.25, -0.2) is 4.98 Å². The molecular formula is C18H13NO2S. The van der Waals surface area contributed by atoms with Crippen LogP contribution in [0.1, 0.15) is 5.56 Å². The summed E-state index contributed by atoms with van der Waals surface area (Å²) in [6, 6.07) is 12.0. The predicted octanol–water partition coefficient (Wildman–Crippen LogP) is 5.64. The molecule has 0 saturated heterocycles. The first-order chi connectivity index (χ1) is 10.8. The fourth-order valence-corrected chi connectivity index (χ4v) is 3.32. The SMILES string of the molecule is Cc1ccsc1-c1cc(-c2ccoc2)cc(-c2ccco2)n1. The zero-order valence-electron chi connectivity index (χ0n) is 11.9. The van der Waals surface area contributed by atoms with Gasteiger partial charge in [0.25, 0.3) is 0 Å². The average Bonchev–Trinajstić information content (AvgIpc) is 3.29. The lowest BCUT2D eigenvalue weighted by Gasteiger charge is -2.06. The average molecular weight is 307 g/mol. The Balaban J connectivity index is 1.93. The van der Waals surface area contributed by atoms with Crippen LogP contribution in [-0.2, 0) is 0 Å². The minimum absolute atomic E-state index is 0.765. The molecule has 4 heteroatoms. The van der Waals surface area contributed by atoms with Gasteiger partial charge in [0.2, 0.25) is 0 Å². The number of nitrogens with zero attached hydrogens (tertiary/aromatic N) is 1. The maximum Gasteiger partial charge on any atom is 0.152 e. The molecule has 0 bridgehead atoms. The summed E-state index contributed by atoms with van der Waals surface area (Å²) < 4.78 is 10.7. The van der Waals surface area contributed by atoms with Crippen LogP contribution >= 0.6 is 11.3 Å². The van der Waals surface area contributed by atoms with Crippen molar-refractivity contribution in [3.8, 4) is 33.2 Å².